The van der Waals surface area contributed by atoms with Crippen molar-refractivity contribution in [1.29, 1.82) is 5.41 Å². The van der Waals surface area contributed by atoms with Gasteiger partial charge in [0.05, 0.1) is 10.6 Å². The van der Waals surface area contributed by atoms with Gasteiger partial charge in [0.25, 0.3) is 5.91 Å². The smallest absolute Gasteiger partial charge is 0.257 e. The highest BCUT2D eigenvalue weighted by Gasteiger charge is 2.26. The van der Waals surface area contributed by atoms with E-state index in [0.717, 1.165) is 25.8 Å². The second-order valence-electron chi connectivity index (χ2n) is 6.67. The Labute approximate surface area is 142 Å². The fourth-order valence-electron chi connectivity index (χ4n) is 3.27. The van der Waals surface area contributed by atoms with E-state index in [2.05, 4.69) is 24.1 Å². The number of sulfone groups is 1. The number of nitrogens with two attached hydrogens (primary N) is 1. The fourth-order valence-corrected chi connectivity index (χ4v) is 4.19. The molecule has 0 unspecified atom stereocenters. The van der Waals surface area contributed by atoms with Crippen LogP contribution in [0.5, 0.6) is 0 Å². The maximum absolute atomic E-state index is 12.2. The molecule has 1 aromatic carbocycles. The van der Waals surface area contributed by atoms with Gasteiger partial charge in [0, 0.05) is 24.9 Å². The van der Waals surface area contributed by atoms with Crippen molar-refractivity contribution < 1.29 is 13.2 Å². The number of anilines is 1. The van der Waals surface area contributed by atoms with Crippen LogP contribution in [0.1, 0.15) is 30.6 Å². The standard InChI is InChI=1S/C16H24N4O3S/c1-10-6-11(2)9-20(8-10)13-5-4-12(15(21)19-16(17)18)7-14(13)24(3,22)23/h4-5,7,10-11H,6,8-9H2,1-3H3,(H4,17,18,19,21)/t10-,11+. The van der Waals surface area contributed by atoms with Gasteiger partial charge in [-0.05, 0) is 36.5 Å². The molecule has 1 amide bonds. The Hall–Kier alpha value is -2.09. The Kier molecular flexibility index (Phi) is 5.17. The van der Waals surface area contributed by atoms with Crippen molar-refractivity contribution in [2.45, 2.75) is 25.2 Å². The lowest BCUT2D eigenvalue weighted by atomic mass is 9.91. The van der Waals surface area contributed by atoms with Gasteiger partial charge >= 0.3 is 0 Å². The summed E-state index contributed by atoms with van der Waals surface area (Å²) in [5.74, 6) is -0.133. The molecule has 1 aliphatic rings. The van der Waals surface area contributed by atoms with Crippen molar-refractivity contribution in [3.63, 3.8) is 0 Å². The minimum atomic E-state index is -3.51. The minimum absolute atomic E-state index is 0.125. The Morgan fingerprint density at radius 3 is 2.38 bits per heavy atom. The normalized spacial score (nSPS) is 21.4. The Balaban J connectivity index is 2.45. The molecule has 0 aliphatic carbocycles. The van der Waals surface area contributed by atoms with Gasteiger partial charge in [-0.15, -0.1) is 0 Å². The summed E-state index contributed by atoms with van der Waals surface area (Å²) in [7, 11) is -3.51. The van der Waals surface area contributed by atoms with Gasteiger partial charge in [0.1, 0.15) is 0 Å². The highest BCUT2D eigenvalue weighted by atomic mass is 32.2. The number of nitrogens with zero attached hydrogens (tertiary/aromatic N) is 1. The predicted octanol–water partition coefficient (Wildman–Crippen LogP) is 1.20. The molecule has 0 spiro atoms. The third kappa shape index (κ3) is 4.25. The molecule has 24 heavy (non-hydrogen) atoms. The van der Waals surface area contributed by atoms with Crippen LogP contribution in [-0.4, -0.2) is 39.6 Å². The first-order chi connectivity index (χ1) is 11.1. The van der Waals surface area contributed by atoms with Gasteiger partial charge in [-0.2, -0.15) is 0 Å². The fraction of sp³-hybridized carbons (Fsp3) is 0.500. The number of benzene rings is 1. The monoisotopic (exact) mass is 352 g/mol. The van der Waals surface area contributed by atoms with Gasteiger partial charge in [0.15, 0.2) is 15.8 Å². The molecule has 7 nitrogen and oxygen atoms in total. The summed E-state index contributed by atoms with van der Waals surface area (Å²) in [6, 6.07) is 4.58. The third-order valence-corrected chi connectivity index (χ3v) is 5.21. The van der Waals surface area contributed by atoms with Crippen LogP contribution in [-0.2, 0) is 9.84 Å². The summed E-state index contributed by atoms with van der Waals surface area (Å²) < 4.78 is 24.5. The van der Waals surface area contributed by atoms with Crippen LogP contribution in [0.3, 0.4) is 0 Å². The summed E-state index contributed by atoms with van der Waals surface area (Å²) >= 11 is 0. The first-order valence-electron chi connectivity index (χ1n) is 7.82. The molecule has 1 fully saturated rings. The Morgan fingerprint density at radius 2 is 1.88 bits per heavy atom. The number of guanidine groups is 1. The van der Waals surface area contributed by atoms with Gasteiger partial charge in [-0.3, -0.25) is 15.5 Å². The molecule has 1 aromatic rings. The molecule has 0 aromatic heterocycles. The molecule has 2 atom stereocenters. The Morgan fingerprint density at radius 1 is 1.29 bits per heavy atom. The summed E-state index contributed by atoms with van der Waals surface area (Å²) in [5.41, 5.74) is 5.94. The van der Waals surface area contributed by atoms with E-state index in [4.69, 9.17) is 11.1 Å². The number of hydrogen-bond donors (Lipinski definition) is 3. The van der Waals surface area contributed by atoms with Crippen LogP contribution >= 0.6 is 0 Å². The molecule has 4 N–H and O–H groups in total. The molecule has 1 heterocycles. The van der Waals surface area contributed by atoms with Crippen LogP contribution in [0.25, 0.3) is 0 Å². The summed E-state index contributed by atoms with van der Waals surface area (Å²) in [5, 5.41) is 9.28. The van der Waals surface area contributed by atoms with Crippen molar-refractivity contribution in [1.82, 2.24) is 5.32 Å². The van der Waals surface area contributed by atoms with Crippen LogP contribution in [0.2, 0.25) is 0 Å². The molecular formula is C16H24N4O3S. The van der Waals surface area contributed by atoms with Gasteiger partial charge in [-0.1, -0.05) is 13.8 Å². The number of nitrogens with one attached hydrogen (secondary N) is 2. The zero-order chi connectivity index (χ0) is 18.1. The van der Waals surface area contributed by atoms with Crippen LogP contribution < -0.4 is 16.0 Å². The average molecular weight is 352 g/mol. The third-order valence-electron chi connectivity index (χ3n) is 4.08. The van der Waals surface area contributed by atoms with E-state index in [9.17, 15) is 13.2 Å². The minimum Gasteiger partial charge on any atom is -0.370 e. The SMILES string of the molecule is C[C@@H]1C[C@H](C)CN(c2ccc(C(=O)NC(=N)N)cc2S(C)(=O)=O)C1. The average Bonchev–Trinajstić information content (AvgIpc) is 2.44. The summed E-state index contributed by atoms with van der Waals surface area (Å²) in [6.07, 6.45) is 2.25. The summed E-state index contributed by atoms with van der Waals surface area (Å²) in [6.45, 7) is 5.87. The van der Waals surface area contributed by atoms with Crippen LogP contribution in [0, 0.1) is 17.2 Å². The van der Waals surface area contributed by atoms with E-state index in [0.29, 0.717) is 17.5 Å². The van der Waals surface area contributed by atoms with Crippen LogP contribution in [0.15, 0.2) is 23.1 Å². The maximum Gasteiger partial charge on any atom is 0.257 e. The lowest BCUT2D eigenvalue weighted by Crippen LogP contribution is -2.39. The molecule has 1 saturated heterocycles. The lowest BCUT2D eigenvalue weighted by Gasteiger charge is -2.37. The quantitative estimate of drug-likeness (QED) is 0.558. The zero-order valence-corrected chi connectivity index (χ0v) is 15.0. The number of carbonyl (C=O) groups is 1. The van der Waals surface area contributed by atoms with Crippen molar-refractivity contribution >= 4 is 27.4 Å². The molecular weight excluding hydrogens is 328 g/mol. The number of rotatable bonds is 3. The van der Waals surface area contributed by atoms with Gasteiger partial charge in [-0.25, -0.2) is 8.42 Å². The highest BCUT2D eigenvalue weighted by molar-refractivity contribution is 7.90. The molecule has 0 bridgehead atoms. The van der Waals surface area contributed by atoms with Crippen molar-refractivity contribution in [3.8, 4) is 0 Å². The number of hydrogen-bond acceptors (Lipinski definition) is 5. The second kappa shape index (κ2) is 6.80. The first kappa shape index (κ1) is 18.3. The molecule has 1 aliphatic heterocycles. The molecule has 8 heteroatoms. The van der Waals surface area contributed by atoms with Crippen molar-refractivity contribution in [3.05, 3.63) is 23.8 Å². The topological polar surface area (TPSA) is 116 Å². The summed E-state index contributed by atoms with van der Waals surface area (Å²) in [4.78, 5) is 14.2. The predicted molar refractivity (Wildman–Crippen MR) is 94.1 cm³/mol. The Bertz CT molecular complexity index is 751. The molecule has 132 valence electrons. The first-order valence-corrected chi connectivity index (χ1v) is 9.71. The van der Waals surface area contributed by atoms with Crippen molar-refractivity contribution in [2.75, 3.05) is 24.2 Å². The lowest BCUT2D eigenvalue weighted by molar-refractivity contribution is 0.0976. The van der Waals surface area contributed by atoms with E-state index in [1.807, 2.05) is 0 Å². The van der Waals surface area contributed by atoms with E-state index in [1.54, 1.807) is 12.1 Å². The maximum atomic E-state index is 12.2. The van der Waals surface area contributed by atoms with Gasteiger partial charge in [0.2, 0.25) is 0 Å². The highest BCUT2D eigenvalue weighted by Crippen LogP contribution is 2.32. The molecule has 0 radical (unpaired) electrons. The van der Waals surface area contributed by atoms with Crippen molar-refractivity contribution in [2.24, 2.45) is 17.6 Å². The van der Waals surface area contributed by atoms with E-state index < -0.39 is 21.7 Å². The zero-order valence-electron chi connectivity index (χ0n) is 14.2. The van der Waals surface area contributed by atoms with Gasteiger partial charge < -0.3 is 10.6 Å². The van der Waals surface area contributed by atoms with E-state index in [-0.39, 0.29) is 10.5 Å². The molecule has 2 rings (SSSR count). The molecule has 0 saturated carbocycles. The largest absolute Gasteiger partial charge is 0.370 e. The van der Waals surface area contributed by atoms with E-state index in [1.165, 1.54) is 6.07 Å². The number of carbonyl (C=O) groups excluding carboxylic acids is 1. The second-order valence-corrected chi connectivity index (χ2v) is 8.66. The van der Waals surface area contributed by atoms with E-state index >= 15 is 0 Å². The van der Waals surface area contributed by atoms with Crippen LogP contribution in [0.4, 0.5) is 5.69 Å². The number of amides is 1. The number of piperidine rings is 1.